The number of aliphatic hydroxyl groups is 1. The maximum absolute atomic E-state index is 11.3. The molecule has 2 aliphatic rings. The zero-order chi connectivity index (χ0) is 14.1. The number of aliphatic hydroxyl groups excluding tert-OH is 1. The van der Waals surface area contributed by atoms with Gasteiger partial charge in [0.2, 0.25) is 0 Å². The number of carbonyl (C=O) groups is 1. The number of benzene rings is 1. The van der Waals surface area contributed by atoms with E-state index >= 15 is 0 Å². The van der Waals surface area contributed by atoms with E-state index in [4.69, 9.17) is 9.47 Å². The van der Waals surface area contributed by atoms with Crippen molar-refractivity contribution >= 4 is 5.97 Å². The largest absolute Gasteiger partial charge is 0.481 e. The van der Waals surface area contributed by atoms with Crippen LogP contribution in [-0.2, 0) is 20.9 Å². The topological polar surface area (TPSA) is 76.0 Å². The first-order valence-corrected chi connectivity index (χ1v) is 6.57. The van der Waals surface area contributed by atoms with Crippen molar-refractivity contribution in [3.05, 3.63) is 48.0 Å². The van der Waals surface area contributed by atoms with Gasteiger partial charge < -0.3 is 19.7 Å². The molecule has 1 saturated heterocycles. The van der Waals surface area contributed by atoms with Crippen LogP contribution in [0.3, 0.4) is 0 Å². The summed E-state index contributed by atoms with van der Waals surface area (Å²) in [6, 6.07) is 9.44. The summed E-state index contributed by atoms with van der Waals surface area (Å²) in [6.45, 7) is 0.242. The number of rotatable bonds is 5. The molecule has 0 amide bonds. The summed E-state index contributed by atoms with van der Waals surface area (Å²) in [6.07, 6.45) is 1.54. The van der Waals surface area contributed by atoms with Crippen LogP contribution in [0.5, 0.6) is 0 Å². The van der Waals surface area contributed by atoms with Gasteiger partial charge in [0, 0.05) is 0 Å². The Hall–Kier alpha value is -1.69. The first kappa shape index (κ1) is 13.3. The quantitative estimate of drug-likeness (QED) is 0.624. The van der Waals surface area contributed by atoms with Gasteiger partial charge in [0.05, 0.1) is 30.7 Å². The first-order chi connectivity index (χ1) is 9.66. The summed E-state index contributed by atoms with van der Waals surface area (Å²) in [5.74, 6) is -2.28. The van der Waals surface area contributed by atoms with E-state index in [0.29, 0.717) is 0 Å². The molecular formula is C15H16O5. The molecule has 2 bridgehead atoms. The Morgan fingerprint density at radius 3 is 2.65 bits per heavy atom. The van der Waals surface area contributed by atoms with Crippen LogP contribution in [0, 0.1) is 11.8 Å². The number of hydrogen-bond acceptors (Lipinski definition) is 4. The molecule has 20 heavy (non-hydrogen) atoms. The highest BCUT2D eigenvalue weighted by atomic mass is 16.6. The van der Waals surface area contributed by atoms with Crippen LogP contribution in [0.1, 0.15) is 5.56 Å². The van der Waals surface area contributed by atoms with E-state index < -0.39 is 30.2 Å². The lowest BCUT2D eigenvalue weighted by Crippen LogP contribution is -2.39. The van der Waals surface area contributed by atoms with E-state index in [1.54, 1.807) is 12.2 Å². The molecule has 1 fully saturated rings. The van der Waals surface area contributed by atoms with Crippen LogP contribution in [0.15, 0.2) is 42.5 Å². The van der Waals surface area contributed by atoms with Crippen LogP contribution in [-0.4, -0.2) is 34.7 Å². The van der Waals surface area contributed by atoms with Crippen molar-refractivity contribution < 1.29 is 24.5 Å². The molecular weight excluding hydrogens is 260 g/mol. The van der Waals surface area contributed by atoms with Gasteiger partial charge in [0.25, 0.3) is 0 Å². The third-order valence-electron chi connectivity index (χ3n) is 3.83. The van der Waals surface area contributed by atoms with Gasteiger partial charge in [-0.15, -0.1) is 0 Å². The smallest absolute Gasteiger partial charge is 0.310 e. The summed E-state index contributed by atoms with van der Waals surface area (Å²) in [5.41, 5.74) is 0.929. The number of carboxylic acids is 1. The van der Waals surface area contributed by atoms with Gasteiger partial charge in [-0.2, -0.15) is 0 Å². The van der Waals surface area contributed by atoms with Gasteiger partial charge >= 0.3 is 5.97 Å². The van der Waals surface area contributed by atoms with Gasteiger partial charge in [0.15, 0.2) is 6.29 Å². The number of aliphatic carboxylic acids is 1. The molecule has 0 aromatic heterocycles. The van der Waals surface area contributed by atoms with Gasteiger partial charge in [-0.1, -0.05) is 42.5 Å². The highest BCUT2D eigenvalue weighted by molar-refractivity contribution is 5.72. The van der Waals surface area contributed by atoms with E-state index in [2.05, 4.69) is 0 Å². The molecule has 5 atom stereocenters. The minimum atomic E-state index is -1.16. The maximum atomic E-state index is 11.3. The number of fused-ring (bicyclic) bond motifs is 2. The summed E-state index contributed by atoms with van der Waals surface area (Å²) in [4.78, 5) is 11.3. The third kappa shape index (κ3) is 2.35. The third-order valence-corrected chi connectivity index (χ3v) is 3.83. The van der Waals surface area contributed by atoms with Crippen LogP contribution in [0.2, 0.25) is 0 Å². The van der Waals surface area contributed by atoms with E-state index in [9.17, 15) is 15.0 Å². The zero-order valence-electron chi connectivity index (χ0n) is 10.8. The van der Waals surface area contributed by atoms with E-state index in [0.717, 1.165) is 5.56 Å². The van der Waals surface area contributed by atoms with E-state index in [-0.39, 0.29) is 12.7 Å². The van der Waals surface area contributed by atoms with Crippen LogP contribution in [0.25, 0.3) is 0 Å². The van der Waals surface area contributed by atoms with Gasteiger partial charge in [-0.25, -0.2) is 0 Å². The fraction of sp³-hybridized carbons (Fsp3) is 0.400. The van der Waals surface area contributed by atoms with Crippen molar-refractivity contribution in [1.82, 2.24) is 0 Å². The minimum Gasteiger partial charge on any atom is -0.481 e. The SMILES string of the molecule is O=C(O)C1C2C=CC(O2)C1C(O)OCc1ccccc1. The van der Waals surface area contributed by atoms with Crippen molar-refractivity contribution in [2.24, 2.45) is 11.8 Å². The molecule has 0 aliphatic carbocycles. The van der Waals surface area contributed by atoms with Crippen molar-refractivity contribution in [2.45, 2.75) is 25.1 Å². The zero-order valence-corrected chi connectivity index (χ0v) is 10.8. The molecule has 5 nitrogen and oxygen atoms in total. The second-order valence-corrected chi connectivity index (χ2v) is 5.08. The van der Waals surface area contributed by atoms with Crippen molar-refractivity contribution in [2.75, 3.05) is 0 Å². The molecule has 5 unspecified atom stereocenters. The lowest BCUT2D eigenvalue weighted by molar-refractivity contribution is -0.168. The summed E-state index contributed by atoms with van der Waals surface area (Å²) >= 11 is 0. The maximum Gasteiger partial charge on any atom is 0.310 e. The Balaban J connectivity index is 1.66. The molecule has 3 rings (SSSR count). The summed E-state index contributed by atoms with van der Waals surface area (Å²) < 4.78 is 10.9. The lowest BCUT2D eigenvalue weighted by atomic mass is 9.82. The fourth-order valence-electron chi connectivity index (χ4n) is 2.85. The molecule has 5 heteroatoms. The Labute approximate surface area is 116 Å². The van der Waals surface area contributed by atoms with Crippen LogP contribution in [0.4, 0.5) is 0 Å². The van der Waals surface area contributed by atoms with Gasteiger partial charge in [-0.05, 0) is 5.56 Å². The molecule has 106 valence electrons. The minimum absolute atomic E-state index is 0.242. The van der Waals surface area contributed by atoms with E-state index in [1.807, 2.05) is 30.3 Å². The van der Waals surface area contributed by atoms with Gasteiger partial charge in [-0.3, -0.25) is 4.79 Å². The molecule has 0 spiro atoms. The van der Waals surface area contributed by atoms with E-state index in [1.165, 1.54) is 0 Å². The molecule has 1 aromatic carbocycles. The van der Waals surface area contributed by atoms with Gasteiger partial charge in [0.1, 0.15) is 0 Å². The van der Waals surface area contributed by atoms with Crippen molar-refractivity contribution in [3.8, 4) is 0 Å². The number of hydrogen-bond donors (Lipinski definition) is 2. The monoisotopic (exact) mass is 276 g/mol. The first-order valence-electron chi connectivity index (χ1n) is 6.57. The summed E-state index contributed by atoms with van der Waals surface area (Å²) in [7, 11) is 0. The Morgan fingerprint density at radius 2 is 1.95 bits per heavy atom. The highest BCUT2D eigenvalue weighted by Crippen LogP contribution is 2.41. The average molecular weight is 276 g/mol. The molecule has 2 heterocycles. The normalized spacial score (nSPS) is 32.5. The van der Waals surface area contributed by atoms with Crippen LogP contribution < -0.4 is 0 Å². The van der Waals surface area contributed by atoms with Crippen LogP contribution >= 0.6 is 0 Å². The number of carboxylic acid groups (broad SMARTS) is 1. The Morgan fingerprint density at radius 1 is 1.25 bits per heavy atom. The second kappa shape index (κ2) is 5.36. The molecule has 2 N–H and O–H groups in total. The predicted molar refractivity (Wildman–Crippen MR) is 69.7 cm³/mol. The number of ether oxygens (including phenoxy) is 2. The highest BCUT2D eigenvalue weighted by Gasteiger charge is 2.53. The average Bonchev–Trinajstić information content (AvgIpc) is 3.06. The summed E-state index contributed by atoms with van der Waals surface area (Å²) in [5, 5.41) is 19.4. The molecule has 0 saturated carbocycles. The predicted octanol–water partition coefficient (Wildman–Crippen LogP) is 1.18. The molecule has 2 aliphatic heterocycles. The molecule has 1 aromatic rings. The fourth-order valence-corrected chi connectivity index (χ4v) is 2.85. The molecule has 0 radical (unpaired) electrons. The lowest BCUT2D eigenvalue weighted by Gasteiger charge is -2.26. The Bertz CT molecular complexity index is 512. The Kier molecular flexibility index (Phi) is 3.56. The van der Waals surface area contributed by atoms with Crippen molar-refractivity contribution in [1.29, 1.82) is 0 Å². The standard InChI is InChI=1S/C15H16O5/c16-14(17)12-10-6-7-11(20-10)13(12)15(18)19-8-9-4-2-1-3-5-9/h1-7,10-13,15,18H,8H2,(H,16,17). The second-order valence-electron chi connectivity index (χ2n) is 5.08. The van der Waals surface area contributed by atoms with Crippen molar-refractivity contribution in [3.63, 3.8) is 0 Å².